The first kappa shape index (κ1) is 15.2. The van der Waals surface area contributed by atoms with Crippen molar-refractivity contribution in [1.29, 1.82) is 0 Å². The monoisotopic (exact) mass is 241 g/mol. The van der Waals surface area contributed by atoms with Crippen molar-refractivity contribution in [3.8, 4) is 0 Å². The third-order valence-electron chi connectivity index (χ3n) is 2.74. The highest BCUT2D eigenvalue weighted by molar-refractivity contribution is 5.72. The Balaban J connectivity index is 4.17. The van der Waals surface area contributed by atoms with Crippen LogP contribution in [0.5, 0.6) is 0 Å². The van der Waals surface area contributed by atoms with Crippen molar-refractivity contribution in [2.45, 2.75) is 32.5 Å². The summed E-state index contributed by atoms with van der Waals surface area (Å²) in [5.41, 5.74) is 0. The zero-order chi connectivity index (χ0) is 12.9. The van der Waals surface area contributed by atoms with Gasteiger partial charge in [-0.2, -0.15) is 13.2 Å². The number of carbonyl (C=O) groups is 1. The van der Waals surface area contributed by atoms with Gasteiger partial charge in [-0.05, 0) is 14.0 Å². The van der Waals surface area contributed by atoms with Gasteiger partial charge in [0, 0.05) is 12.6 Å². The van der Waals surface area contributed by atoms with Gasteiger partial charge < -0.3 is 9.64 Å². The number of halogens is 3. The van der Waals surface area contributed by atoms with Crippen LogP contribution in [0.1, 0.15) is 20.3 Å². The van der Waals surface area contributed by atoms with Crippen molar-refractivity contribution in [3.05, 3.63) is 0 Å². The van der Waals surface area contributed by atoms with Gasteiger partial charge in [0.25, 0.3) is 0 Å². The van der Waals surface area contributed by atoms with E-state index in [9.17, 15) is 18.0 Å². The summed E-state index contributed by atoms with van der Waals surface area (Å²) in [6.45, 7) is 3.23. The second kappa shape index (κ2) is 6.08. The number of hydrogen-bond donors (Lipinski definition) is 0. The number of methoxy groups -OCH3 is 1. The molecule has 0 aliphatic carbocycles. The van der Waals surface area contributed by atoms with Crippen LogP contribution in [0.4, 0.5) is 13.2 Å². The number of alkyl halides is 3. The number of ether oxygens (including phenoxy) is 1. The van der Waals surface area contributed by atoms with E-state index in [2.05, 4.69) is 4.74 Å². The molecule has 0 saturated heterocycles. The van der Waals surface area contributed by atoms with Gasteiger partial charge in [-0.1, -0.05) is 6.92 Å². The lowest BCUT2D eigenvalue weighted by atomic mass is 10.0. The zero-order valence-electron chi connectivity index (χ0n) is 9.97. The predicted octanol–water partition coefficient (Wildman–Crippen LogP) is 2.07. The molecule has 0 amide bonds. The first-order chi connectivity index (χ1) is 7.19. The molecule has 96 valence electrons. The van der Waals surface area contributed by atoms with E-state index in [1.54, 1.807) is 20.9 Å². The molecule has 0 aromatic rings. The Kier molecular flexibility index (Phi) is 5.78. The average molecular weight is 241 g/mol. The lowest BCUT2D eigenvalue weighted by molar-refractivity contribution is -0.148. The normalized spacial score (nSPS) is 16.0. The summed E-state index contributed by atoms with van der Waals surface area (Å²) in [5, 5.41) is 0. The smallest absolute Gasteiger partial charge is 0.390 e. The lowest BCUT2D eigenvalue weighted by Gasteiger charge is -2.28. The topological polar surface area (TPSA) is 29.5 Å². The van der Waals surface area contributed by atoms with E-state index in [4.69, 9.17) is 0 Å². The molecule has 0 heterocycles. The predicted molar refractivity (Wildman–Crippen MR) is 53.9 cm³/mol. The van der Waals surface area contributed by atoms with E-state index < -0.39 is 24.5 Å². The Labute approximate surface area is 93.6 Å². The van der Waals surface area contributed by atoms with Crippen LogP contribution < -0.4 is 0 Å². The molecule has 0 fully saturated rings. The van der Waals surface area contributed by atoms with Crippen molar-refractivity contribution in [2.24, 2.45) is 5.92 Å². The van der Waals surface area contributed by atoms with Crippen LogP contribution in [0.25, 0.3) is 0 Å². The van der Waals surface area contributed by atoms with Gasteiger partial charge in [-0.3, -0.25) is 4.79 Å². The number of rotatable bonds is 5. The van der Waals surface area contributed by atoms with Crippen LogP contribution in [0.15, 0.2) is 0 Å². The molecule has 0 aliphatic rings. The summed E-state index contributed by atoms with van der Waals surface area (Å²) in [4.78, 5) is 12.7. The fraction of sp³-hybridized carbons (Fsp3) is 0.900. The maximum atomic E-state index is 12.0. The average Bonchev–Trinajstić information content (AvgIpc) is 2.21. The minimum absolute atomic E-state index is 0.119. The van der Waals surface area contributed by atoms with Crippen LogP contribution in [-0.4, -0.2) is 43.8 Å². The van der Waals surface area contributed by atoms with Gasteiger partial charge in [0.1, 0.15) is 0 Å². The van der Waals surface area contributed by atoms with Crippen molar-refractivity contribution >= 4 is 5.97 Å². The second-order valence-electron chi connectivity index (χ2n) is 3.90. The second-order valence-corrected chi connectivity index (χ2v) is 3.90. The molecule has 0 spiro atoms. The molecular weight excluding hydrogens is 223 g/mol. The zero-order valence-corrected chi connectivity index (χ0v) is 9.97. The van der Waals surface area contributed by atoms with E-state index in [-0.39, 0.29) is 12.6 Å². The summed E-state index contributed by atoms with van der Waals surface area (Å²) in [6.07, 6.45) is -5.04. The molecule has 0 rings (SSSR count). The van der Waals surface area contributed by atoms with Gasteiger partial charge >= 0.3 is 12.1 Å². The Morgan fingerprint density at radius 2 is 1.88 bits per heavy atom. The van der Waals surface area contributed by atoms with Crippen LogP contribution in [0, 0.1) is 5.92 Å². The largest absolute Gasteiger partial charge is 0.469 e. The maximum Gasteiger partial charge on any atom is 0.390 e. The Hall–Kier alpha value is -0.780. The standard InChI is InChI=1S/C10H18F3NO2/c1-7(9(15)16-4)8(2)14(3)6-5-10(11,12)13/h7-8H,5-6H2,1-4H3. The molecule has 3 nitrogen and oxygen atoms in total. The minimum Gasteiger partial charge on any atom is -0.469 e. The van der Waals surface area contributed by atoms with Crippen molar-refractivity contribution < 1.29 is 22.7 Å². The number of hydrogen-bond acceptors (Lipinski definition) is 3. The Morgan fingerprint density at radius 3 is 2.25 bits per heavy atom. The first-order valence-electron chi connectivity index (χ1n) is 5.04. The third kappa shape index (κ3) is 5.34. The van der Waals surface area contributed by atoms with E-state index >= 15 is 0 Å². The van der Waals surface area contributed by atoms with Crippen LogP contribution in [0.2, 0.25) is 0 Å². The van der Waals surface area contributed by atoms with Gasteiger partial charge in [0.05, 0.1) is 19.4 Å². The van der Waals surface area contributed by atoms with E-state index in [1.807, 2.05) is 0 Å². The molecule has 0 radical (unpaired) electrons. The highest BCUT2D eigenvalue weighted by atomic mass is 19.4. The molecule has 0 aromatic carbocycles. The molecule has 0 N–H and O–H groups in total. The Bertz CT molecular complexity index is 231. The quantitative estimate of drug-likeness (QED) is 0.690. The molecule has 0 aromatic heterocycles. The van der Waals surface area contributed by atoms with Crippen molar-refractivity contribution in [3.63, 3.8) is 0 Å². The van der Waals surface area contributed by atoms with Crippen LogP contribution in [-0.2, 0) is 9.53 Å². The molecule has 16 heavy (non-hydrogen) atoms. The van der Waals surface area contributed by atoms with Gasteiger partial charge in [-0.25, -0.2) is 0 Å². The SMILES string of the molecule is COC(=O)C(C)C(C)N(C)CCC(F)(F)F. The lowest BCUT2D eigenvalue weighted by Crippen LogP contribution is -2.39. The molecule has 0 bridgehead atoms. The van der Waals surface area contributed by atoms with Crippen molar-refractivity contribution in [2.75, 3.05) is 20.7 Å². The van der Waals surface area contributed by atoms with Crippen LogP contribution in [0.3, 0.4) is 0 Å². The summed E-state index contributed by atoms with van der Waals surface area (Å²) < 4.78 is 40.5. The molecule has 0 aliphatic heterocycles. The van der Waals surface area contributed by atoms with E-state index in [0.29, 0.717) is 0 Å². The molecule has 6 heteroatoms. The molecular formula is C10H18F3NO2. The van der Waals surface area contributed by atoms with E-state index in [0.717, 1.165) is 0 Å². The number of nitrogens with zero attached hydrogens (tertiary/aromatic N) is 1. The van der Waals surface area contributed by atoms with Gasteiger partial charge in [-0.15, -0.1) is 0 Å². The van der Waals surface area contributed by atoms with Gasteiger partial charge in [0.2, 0.25) is 0 Å². The van der Waals surface area contributed by atoms with E-state index in [1.165, 1.54) is 12.0 Å². The fourth-order valence-corrected chi connectivity index (χ4v) is 1.27. The number of esters is 1. The Morgan fingerprint density at radius 1 is 1.38 bits per heavy atom. The van der Waals surface area contributed by atoms with Gasteiger partial charge in [0.15, 0.2) is 0 Å². The summed E-state index contributed by atoms with van der Waals surface area (Å²) in [6, 6.07) is -0.283. The highest BCUT2D eigenvalue weighted by Crippen LogP contribution is 2.21. The van der Waals surface area contributed by atoms with Crippen molar-refractivity contribution in [1.82, 2.24) is 4.90 Å². The summed E-state index contributed by atoms with van der Waals surface area (Å²) in [7, 11) is 2.83. The summed E-state index contributed by atoms with van der Waals surface area (Å²) in [5.74, 6) is -0.852. The highest BCUT2D eigenvalue weighted by Gasteiger charge is 2.30. The third-order valence-corrected chi connectivity index (χ3v) is 2.74. The molecule has 2 unspecified atom stereocenters. The first-order valence-corrected chi connectivity index (χ1v) is 5.04. The van der Waals surface area contributed by atoms with Crippen LogP contribution >= 0.6 is 0 Å². The minimum atomic E-state index is -4.16. The summed E-state index contributed by atoms with van der Waals surface area (Å²) >= 11 is 0. The maximum absolute atomic E-state index is 12.0. The fourth-order valence-electron chi connectivity index (χ4n) is 1.27. The molecule has 2 atom stereocenters. The molecule has 0 saturated carbocycles. The number of carbonyl (C=O) groups excluding carboxylic acids is 1.